The maximum Gasteiger partial charge on any atom is 0.223 e. The number of hydrogen-bond acceptors (Lipinski definition) is 2. The van der Waals surface area contributed by atoms with Crippen molar-refractivity contribution in [2.75, 3.05) is 6.54 Å². The van der Waals surface area contributed by atoms with Crippen LogP contribution in [-0.4, -0.2) is 29.4 Å². The molecule has 1 heterocycles. The molecule has 0 saturated heterocycles. The second-order valence-corrected chi connectivity index (χ2v) is 7.76. The predicted octanol–water partition coefficient (Wildman–Crippen LogP) is 3.43. The molecule has 1 aromatic carbocycles. The Morgan fingerprint density at radius 3 is 2.42 bits per heavy atom. The van der Waals surface area contributed by atoms with Crippen LogP contribution in [0.1, 0.15) is 64.0 Å². The van der Waals surface area contributed by atoms with Crippen LogP contribution in [0.3, 0.4) is 0 Å². The molecule has 0 saturated carbocycles. The van der Waals surface area contributed by atoms with E-state index in [2.05, 4.69) is 43.2 Å². The molecule has 1 atom stereocenters. The first kappa shape index (κ1) is 20.3. The van der Waals surface area contributed by atoms with E-state index in [0.29, 0.717) is 25.0 Å². The maximum atomic E-state index is 12.3. The molecule has 5 heteroatoms. The molecule has 1 aliphatic heterocycles. The SMILES string of the molecule is CC(C)CCCC(C)NC(N)=NCCCC(=O)N1Cc2ccccc2C1. The van der Waals surface area contributed by atoms with Gasteiger partial charge in [-0.3, -0.25) is 9.79 Å². The molecule has 0 spiro atoms. The number of amides is 1. The lowest BCUT2D eigenvalue weighted by Gasteiger charge is -2.16. The van der Waals surface area contributed by atoms with Crippen molar-refractivity contribution in [2.24, 2.45) is 16.6 Å². The number of benzene rings is 1. The first-order valence-electron chi connectivity index (χ1n) is 9.86. The number of hydrogen-bond donors (Lipinski definition) is 2. The third-order valence-electron chi connectivity index (χ3n) is 4.84. The van der Waals surface area contributed by atoms with E-state index in [-0.39, 0.29) is 5.91 Å². The summed E-state index contributed by atoms with van der Waals surface area (Å²) in [5, 5.41) is 3.24. The zero-order valence-electron chi connectivity index (χ0n) is 16.5. The van der Waals surface area contributed by atoms with Gasteiger partial charge in [0.1, 0.15) is 0 Å². The largest absolute Gasteiger partial charge is 0.370 e. The normalized spacial score (nSPS) is 15.2. The van der Waals surface area contributed by atoms with E-state index in [1.165, 1.54) is 24.0 Å². The van der Waals surface area contributed by atoms with E-state index in [9.17, 15) is 4.79 Å². The second kappa shape index (κ2) is 10.2. The molecule has 5 nitrogen and oxygen atoms in total. The smallest absolute Gasteiger partial charge is 0.223 e. The third kappa shape index (κ3) is 6.70. The number of guanidine groups is 1. The molecule has 26 heavy (non-hydrogen) atoms. The van der Waals surface area contributed by atoms with Crippen LogP contribution in [0.25, 0.3) is 0 Å². The summed E-state index contributed by atoms with van der Waals surface area (Å²) in [4.78, 5) is 18.6. The molecular formula is C21H34N4O. The number of rotatable bonds is 9. The lowest BCUT2D eigenvalue weighted by molar-refractivity contribution is -0.131. The Labute approximate surface area is 158 Å². The van der Waals surface area contributed by atoms with Gasteiger partial charge in [0.2, 0.25) is 5.91 Å². The number of nitrogens with zero attached hydrogens (tertiary/aromatic N) is 2. The van der Waals surface area contributed by atoms with Gasteiger partial charge in [0.25, 0.3) is 0 Å². The molecule has 2 rings (SSSR count). The molecular weight excluding hydrogens is 324 g/mol. The van der Waals surface area contributed by atoms with Gasteiger partial charge in [-0.25, -0.2) is 0 Å². The molecule has 0 aliphatic carbocycles. The molecule has 1 unspecified atom stereocenters. The number of carbonyl (C=O) groups excluding carboxylic acids is 1. The fourth-order valence-corrected chi connectivity index (χ4v) is 3.30. The fraction of sp³-hybridized carbons (Fsp3) is 0.619. The van der Waals surface area contributed by atoms with Crippen LogP contribution in [0, 0.1) is 5.92 Å². The summed E-state index contributed by atoms with van der Waals surface area (Å²) in [6.45, 7) is 8.68. The first-order valence-corrected chi connectivity index (χ1v) is 9.86. The number of nitrogens with one attached hydrogen (secondary N) is 1. The van der Waals surface area contributed by atoms with Crippen LogP contribution >= 0.6 is 0 Å². The molecule has 0 aromatic heterocycles. The van der Waals surface area contributed by atoms with Crippen LogP contribution in [0.2, 0.25) is 0 Å². The standard InChI is InChI=1S/C21H34N4O/c1-16(2)8-6-9-17(3)24-21(22)23-13-7-12-20(26)25-14-18-10-4-5-11-19(18)15-25/h4-5,10-11,16-17H,6-9,12-15H2,1-3H3,(H3,22,23,24). The summed E-state index contributed by atoms with van der Waals surface area (Å²) < 4.78 is 0. The van der Waals surface area contributed by atoms with Crippen molar-refractivity contribution >= 4 is 11.9 Å². The van der Waals surface area contributed by atoms with Crippen LogP contribution in [0.4, 0.5) is 0 Å². The second-order valence-electron chi connectivity index (χ2n) is 7.76. The fourth-order valence-electron chi connectivity index (χ4n) is 3.30. The highest BCUT2D eigenvalue weighted by Crippen LogP contribution is 2.22. The van der Waals surface area contributed by atoms with Crippen LogP contribution < -0.4 is 11.1 Å². The Morgan fingerprint density at radius 2 is 1.81 bits per heavy atom. The monoisotopic (exact) mass is 358 g/mol. The average molecular weight is 359 g/mol. The number of aliphatic imine (C=N–C) groups is 1. The Morgan fingerprint density at radius 1 is 1.15 bits per heavy atom. The summed E-state index contributed by atoms with van der Waals surface area (Å²) >= 11 is 0. The zero-order valence-corrected chi connectivity index (χ0v) is 16.5. The van der Waals surface area contributed by atoms with E-state index >= 15 is 0 Å². The zero-order chi connectivity index (χ0) is 18.9. The number of carbonyl (C=O) groups is 1. The molecule has 0 bridgehead atoms. The average Bonchev–Trinajstić information content (AvgIpc) is 3.02. The van der Waals surface area contributed by atoms with E-state index in [4.69, 9.17) is 5.73 Å². The van der Waals surface area contributed by atoms with Crippen molar-refractivity contribution in [2.45, 2.75) is 72.0 Å². The van der Waals surface area contributed by atoms with Gasteiger partial charge >= 0.3 is 0 Å². The molecule has 3 N–H and O–H groups in total. The first-order chi connectivity index (χ1) is 12.5. The van der Waals surface area contributed by atoms with Crippen molar-refractivity contribution in [1.29, 1.82) is 0 Å². The quantitative estimate of drug-likeness (QED) is 0.404. The van der Waals surface area contributed by atoms with Gasteiger partial charge < -0.3 is 16.0 Å². The number of nitrogens with two attached hydrogens (primary N) is 1. The Kier molecular flexibility index (Phi) is 7.95. The van der Waals surface area contributed by atoms with Crippen LogP contribution in [0.15, 0.2) is 29.3 Å². The minimum absolute atomic E-state index is 0.199. The van der Waals surface area contributed by atoms with Crippen molar-refractivity contribution in [3.8, 4) is 0 Å². The molecule has 0 radical (unpaired) electrons. The number of fused-ring (bicyclic) bond motifs is 1. The van der Waals surface area contributed by atoms with E-state index in [0.717, 1.165) is 31.8 Å². The van der Waals surface area contributed by atoms with Crippen molar-refractivity contribution < 1.29 is 4.79 Å². The summed E-state index contributed by atoms with van der Waals surface area (Å²) in [5.41, 5.74) is 8.47. The Balaban J connectivity index is 1.62. The van der Waals surface area contributed by atoms with E-state index in [1.807, 2.05) is 17.0 Å². The van der Waals surface area contributed by atoms with Crippen molar-refractivity contribution in [1.82, 2.24) is 10.2 Å². The topological polar surface area (TPSA) is 70.7 Å². The molecule has 0 fully saturated rings. The summed E-state index contributed by atoms with van der Waals surface area (Å²) in [6.07, 6.45) is 4.80. The van der Waals surface area contributed by atoms with Crippen LogP contribution in [-0.2, 0) is 17.9 Å². The minimum Gasteiger partial charge on any atom is -0.370 e. The van der Waals surface area contributed by atoms with Gasteiger partial charge in [0.15, 0.2) is 5.96 Å². The van der Waals surface area contributed by atoms with Gasteiger partial charge in [0.05, 0.1) is 0 Å². The van der Waals surface area contributed by atoms with Gasteiger partial charge in [-0.2, -0.15) is 0 Å². The summed E-state index contributed by atoms with van der Waals surface area (Å²) in [6, 6.07) is 8.59. The highest BCUT2D eigenvalue weighted by molar-refractivity contribution is 5.78. The van der Waals surface area contributed by atoms with Crippen molar-refractivity contribution in [3.63, 3.8) is 0 Å². The molecule has 1 amide bonds. The van der Waals surface area contributed by atoms with E-state index < -0.39 is 0 Å². The maximum absolute atomic E-state index is 12.3. The third-order valence-corrected chi connectivity index (χ3v) is 4.84. The molecule has 1 aromatic rings. The highest BCUT2D eigenvalue weighted by atomic mass is 16.2. The van der Waals surface area contributed by atoms with E-state index in [1.54, 1.807) is 0 Å². The van der Waals surface area contributed by atoms with Gasteiger partial charge in [-0.15, -0.1) is 0 Å². The lowest BCUT2D eigenvalue weighted by atomic mass is 10.0. The lowest BCUT2D eigenvalue weighted by Crippen LogP contribution is -2.38. The summed E-state index contributed by atoms with van der Waals surface area (Å²) in [7, 11) is 0. The highest BCUT2D eigenvalue weighted by Gasteiger charge is 2.22. The minimum atomic E-state index is 0.199. The Bertz CT molecular complexity index is 587. The van der Waals surface area contributed by atoms with Gasteiger partial charge in [-0.1, -0.05) is 51.0 Å². The predicted molar refractivity (Wildman–Crippen MR) is 108 cm³/mol. The van der Waals surface area contributed by atoms with Gasteiger partial charge in [-0.05, 0) is 36.8 Å². The molecule has 1 aliphatic rings. The summed E-state index contributed by atoms with van der Waals surface area (Å²) in [5.74, 6) is 1.43. The van der Waals surface area contributed by atoms with Crippen LogP contribution in [0.5, 0.6) is 0 Å². The molecule has 144 valence electrons. The van der Waals surface area contributed by atoms with Gasteiger partial charge in [0, 0.05) is 32.1 Å². The van der Waals surface area contributed by atoms with Crippen molar-refractivity contribution in [3.05, 3.63) is 35.4 Å². The Hall–Kier alpha value is -2.04.